The molecule has 6 nitrogen and oxygen atoms in total. The summed E-state index contributed by atoms with van der Waals surface area (Å²) in [4.78, 5) is 19.7. The number of hydrogen-bond acceptors (Lipinski definition) is 4. The van der Waals surface area contributed by atoms with Crippen molar-refractivity contribution in [2.75, 3.05) is 13.3 Å². The van der Waals surface area contributed by atoms with E-state index in [9.17, 15) is 4.79 Å². The predicted octanol–water partition coefficient (Wildman–Crippen LogP) is 3.26. The number of benzene rings is 1. The van der Waals surface area contributed by atoms with E-state index in [0.717, 1.165) is 51.7 Å². The second-order valence-electron chi connectivity index (χ2n) is 6.50. The van der Waals surface area contributed by atoms with Crippen LogP contribution in [-0.2, 0) is 6.42 Å². The first-order valence-corrected chi connectivity index (χ1v) is 8.80. The zero-order valence-corrected chi connectivity index (χ0v) is 14.5. The summed E-state index contributed by atoms with van der Waals surface area (Å²) >= 11 is 0. The van der Waals surface area contributed by atoms with Crippen LogP contribution < -0.4 is 14.8 Å². The number of pyridine rings is 1. The van der Waals surface area contributed by atoms with E-state index < -0.39 is 0 Å². The fraction of sp³-hybridized carbons (Fsp3) is 0.143. The van der Waals surface area contributed by atoms with E-state index in [2.05, 4.69) is 15.3 Å². The van der Waals surface area contributed by atoms with Crippen LogP contribution in [0.2, 0.25) is 0 Å². The Bertz CT molecular complexity index is 1070. The summed E-state index contributed by atoms with van der Waals surface area (Å²) in [5, 5.41) is 2.87. The monoisotopic (exact) mass is 359 g/mol. The van der Waals surface area contributed by atoms with Gasteiger partial charge in [-0.1, -0.05) is 12.1 Å². The van der Waals surface area contributed by atoms with Crippen molar-refractivity contribution >= 4 is 18.1 Å². The standard InChI is InChI=1S/C21H17N3O3/c25-21-16-11-18(24-17(16)6-8-23-21)14-5-7-22-15(10-14)3-1-13-2-4-19-20(9-13)27-12-26-19/h1-5,7,9-11,24H,6,8,12H2,(H,23,25)/b3-1+. The Morgan fingerprint density at radius 1 is 1.04 bits per heavy atom. The third-order valence-electron chi connectivity index (χ3n) is 4.74. The molecule has 0 unspecified atom stereocenters. The van der Waals surface area contributed by atoms with Crippen LogP contribution in [0.25, 0.3) is 23.4 Å². The maximum atomic E-state index is 12.0. The Hall–Kier alpha value is -3.54. The molecular formula is C21H17N3O3. The Labute approximate surface area is 155 Å². The summed E-state index contributed by atoms with van der Waals surface area (Å²) in [6, 6.07) is 11.7. The van der Waals surface area contributed by atoms with Gasteiger partial charge < -0.3 is 19.8 Å². The van der Waals surface area contributed by atoms with Crippen LogP contribution in [0.15, 0.2) is 42.6 Å². The first-order chi connectivity index (χ1) is 13.3. The van der Waals surface area contributed by atoms with Crippen molar-refractivity contribution in [1.29, 1.82) is 0 Å². The summed E-state index contributed by atoms with van der Waals surface area (Å²) in [5.41, 5.74) is 5.49. The van der Waals surface area contributed by atoms with Crippen LogP contribution >= 0.6 is 0 Å². The highest BCUT2D eigenvalue weighted by Gasteiger charge is 2.20. The molecule has 1 aromatic carbocycles. The first kappa shape index (κ1) is 15.7. The highest BCUT2D eigenvalue weighted by atomic mass is 16.7. The van der Waals surface area contributed by atoms with E-state index in [1.54, 1.807) is 6.20 Å². The number of H-pyrrole nitrogens is 1. The van der Waals surface area contributed by atoms with Crippen molar-refractivity contribution in [3.05, 3.63) is 65.1 Å². The smallest absolute Gasteiger partial charge is 0.253 e. The van der Waals surface area contributed by atoms with Gasteiger partial charge in [-0.05, 0) is 42.0 Å². The largest absolute Gasteiger partial charge is 0.454 e. The van der Waals surface area contributed by atoms with Crippen LogP contribution in [0.1, 0.15) is 27.3 Å². The van der Waals surface area contributed by atoms with Crippen LogP contribution in [0.5, 0.6) is 11.5 Å². The number of nitrogens with one attached hydrogen (secondary N) is 2. The molecular weight excluding hydrogens is 342 g/mol. The molecule has 1 amide bonds. The molecule has 6 heteroatoms. The SMILES string of the molecule is O=C1NCCc2[nH]c(-c3ccnc(/C=C/c4ccc5c(c4)OCO5)c3)cc21. The molecule has 0 radical (unpaired) electrons. The van der Waals surface area contributed by atoms with Gasteiger partial charge in [-0.3, -0.25) is 9.78 Å². The first-order valence-electron chi connectivity index (χ1n) is 8.80. The summed E-state index contributed by atoms with van der Waals surface area (Å²) in [6.07, 6.45) is 6.54. The summed E-state index contributed by atoms with van der Waals surface area (Å²) in [5.74, 6) is 1.51. The second kappa shape index (κ2) is 6.32. The Morgan fingerprint density at radius 3 is 2.89 bits per heavy atom. The van der Waals surface area contributed by atoms with Crippen LogP contribution in [0.4, 0.5) is 0 Å². The molecule has 27 heavy (non-hydrogen) atoms. The van der Waals surface area contributed by atoms with Gasteiger partial charge in [-0.15, -0.1) is 0 Å². The van der Waals surface area contributed by atoms with Crippen molar-refractivity contribution in [3.63, 3.8) is 0 Å². The Morgan fingerprint density at radius 2 is 1.96 bits per heavy atom. The van der Waals surface area contributed by atoms with E-state index in [1.807, 2.05) is 48.6 Å². The minimum Gasteiger partial charge on any atom is -0.454 e. The molecule has 134 valence electrons. The highest BCUT2D eigenvalue weighted by molar-refractivity contribution is 5.97. The number of rotatable bonds is 3. The van der Waals surface area contributed by atoms with Gasteiger partial charge in [0.25, 0.3) is 5.91 Å². The summed E-state index contributed by atoms with van der Waals surface area (Å²) < 4.78 is 10.7. The number of carbonyl (C=O) groups is 1. The van der Waals surface area contributed by atoms with Crippen LogP contribution in [0.3, 0.4) is 0 Å². The summed E-state index contributed by atoms with van der Waals surface area (Å²) in [7, 11) is 0. The zero-order chi connectivity index (χ0) is 18.2. The van der Waals surface area contributed by atoms with Gasteiger partial charge in [-0.2, -0.15) is 0 Å². The second-order valence-corrected chi connectivity index (χ2v) is 6.50. The molecule has 2 N–H and O–H groups in total. The fourth-order valence-corrected chi connectivity index (χ4v) is 3.35. The van der Waals surface area contributed by atoms with Crippen molar-refractivity contribution in [2.24, 2.45) is 0 Å². The number of amides is 1. The maximum absolute atomic E-state index is 12.0. The van der Waals surface area contributed by atoms with Gasteiger partial charge in [0.05, 0.1) is 11.3 Å². The van der Waals surface area contributed by atoms with Crippen molar-refractivity contribution < 1.29 is 14.3 Å². The topological polar surface area (TPSA) is 76.2 Å². The lowest BCUT2D eigenvalue weighted by molar-refractivity contribution is 0.0946. The highest BCUT2D eigenvalue weighted by Crippen LogP contribution is 2.33. The lowest BCUT2D eigenvalue weighted by Crippen LogP contribution is -2.31. The predicted molar refractivity (Wildman–Crippen MR) is 102 cm³/mol. The molecule has 0 spiro atoms. The molecule has 4 heterocycles. The van der Waals surface area contributed by atoms with Gasteiger partial charge in [-0.25, -0.2) is 0 Å². The molecule has 0 aliphatic carbocycles. The van der Waals surface area contributed by atoms with Gasteiger partial charge >= 0.3 is 0 Å². The van der Waals surface area contributed by atoms with E-state index in [4.69, 9.17) is 9.47 Å². The number of carbonyl (C=O) groups excluding carboxylic acids is 1. The number of ether oxygens (including phenoxy) is 2. The number of nitrogens with zero attached hydrogens (tertiary/aromatic N) is 1. The lowest BCUT2D eigenvalue weighted by Gasteiger charge is -2.10. The molecule has 0 saturated carbocycles. The zero-order valence-electron chi connectivity index (χ0n) is 14.5. The molecule has 3 aromatic rings. The Kier molecular flexibility index (Phi) is 3.67. The van der Waals surface area contributed by atoms with Crippen LogP contribution in [0, 0.1) is 0 Å². The van der Waals surface area contributed by atoms with Gasteiger partial charge in [0, 0.05) is 36.1 Å². The van der Waals surface area contributed by atoms with Gasteiger partial charge in [0.1, 0.15) is 0 Å². The minimum atomic E-state index is -0.0178. The van der Waals surface area contributed by atoms with Crippen molar-refractivity contribution in [1.82, 2.24) is 15.3 Å². The van der Waals surface area contributed by atoms with Crippen molar-refractivity contribution in [2.45, 2.75) is 6.42 Å². The van der Waals surface area contributed by atoms with Crippen molar-refractivity contribution in [3.8, 4) is 22.8 Å². The maximum Gasteiger partial charge on any atom is 0.253 e. The Balaban J connectivity index is 1.42. The minimum absolute atomic E-state index is 0.0178. The molecule has 0 atom stereocenters. The molecule has 2 aliphatic heterocycles. The molecule has 2 aromatic heterocycles. The number of aromatic nitrogens is 2. The average molecular weight is 359 g/mol. The van der Waals surface area contributed by atoms with E-state index in [-0.39, 0.29) is 12.7 Å². The fourth-order valence-electron chi connectivity index (χ4n) is 3.35. The normalized spacial score (nSPS) is 15.0. The van der Waals surface area contributed by atoms with Gasteiger partial charge in [0.15, 0.2) is 11.5 Å². The molecule has 5 rings (SSSR count). The molecule has 2 aliphatic rings. The van der Waals surface area contributed by atoms with Crippen LogP contribution in [-0.4, -0.2) is 29.2 Å². The number of fused-ring (bicyclic) bond motifs is 2. The quantitative estimate of drug-likeness (QED) is 0.753. The van der Waals surface area contributed by atoms with E-state index >= 15 is 0 Å². The van der Waals surface area contributed by atoms with E-state index in [0.29, 0.717) is 6.54 Å². The molecule has 0 saturated heterocycles. The van der Waals surface area contributed by atoms with Gasteiger partial charge in [0.2, 0.25) is 6.79 Å². The molecule has 0 fully saturated rings. The van der Waals surface area contributed by atoms with E-state index in [1.165, 1.54) is 0 Å². The molecule has 0 bridgehead atoms. The average Bonchev–Trinajstić information content (AvgIpc) is 3.34. The summed E-state index contributed by atoms with van der Waals surface area (Å²) in [6.45, 7) is 0.940. The lowest BCUT2D eigenvalue weighted by atomic mass is 10.1. The number of aromatic amines is 1. The number of hydrogen-bond donors (Lipinski definition) is 2. The third-order valence-corrected chi connectivity index (χ3v) is 4.74. The third kappa shape index (κ3) is 2.95.